The lowest BCUT2D eigenvalue weighted by molar-refractivity contribution is 0.102. The van der Waals surface area contributed by atoms with Crippen molar-refractivity contribution in [3.8, 4) is 28.0 Å². The number of benzene rings is 2. The van der Waals surface area contributed by atoms with Crippen LogP contribution in [-0.2, 0) is 6.54 Å². The second kappa shape index (κ2) is 8.36. The number of allylic oxidation sites excluding steroid dienone is 1. The zero-order valence-electron chi connectivity index (χ0n) is 17.4. The molecule has 3 N–H and O–H groups in total. The molecule has 0 aliphatic carbocycles. The van der Waals surface area contributed by atoms with E-state index in [2.05, 4.69) is 13.5 Å². The van der Waals surface area contributed by atoms with E-state index in [9.17, 15) is 9.90 Å². The van der Waals surface area contributed by atoms with E-state index in [0.29, 0.717) is 11.4 Å². The van der Waals surface area contributed by atoms with E-state index in [-0.39, 0.29) is 17.5 Å². The van der Waals surface area contributed by atoms with Crippen molar-refractivity contribution in [2.75, 3.05) is 0 Å². The van der Waals surface area contributed by atoms with Crippen LogP contribution in [-0.4, -0.2) is 10.9 Å². The van der Waals surface area contributed by atoms with Gasteiger partial charge >= 0.3 is 0 Å². The van der Waals surface area contributed by atoms with E-state index in [1.54, 1.807) is 6.92 Å². The third-order valence-corrected chi connectivity index (χ3v) is 6.47. The lowest BCUT2D eigenvalue weighted by Crippen LogP contribution is -2.05. The van der Waals surface area contributed by atoms with Gasteiger partial charge in [0.2, 0.25) is 0 Å². The van der Waals surface area contributed by atoms with Crippen LogP contribution in [0.3, 0.4) is 0 Å². The third kappa shape index (κ3) is 3.91. The fraction of sp³-hybridized carbons (Fsp3) is 0.240. The summed E-state index contributed by atoms with van der Waals surface area (Å²) in [7, 11) is 0. The zero-order valence-corrected chi connectivity index (χ0v) is 18.2. The van der Waals surface area contributed by atoms with Gasteiger partial charge in [0.1, 0.15) is 5.75 Å². The average Bonchev–Trinajstić information content (AvgIpc) is 3.17. The van der Waals surface area contributed by atoms with E-state index in [4.69, 9.17) is 5.73 Å². The molecule has 0 aliphatic heterocycles. The van der Waals surface area contributed by atoms with Gasteiger partial charge in [-0.1, -0.05) is 43.3 Å². The van der Waals surface area contributed by atoms with Gasteiger partial charge in [-0.05, 0) is 66.1 Å². The molecule has 0 saturated heterocycles. The number of ketones is 1. The molecule has 0 saturated carbocycles. The van der Waals surface area contributed by atoms with Crippen molar-refractivity contribution in [3.63, 3.8) is 0 Å². The first-order valence-electron chi connectivity index (χ1n) is 9.66. The molecular formula is C25H27NO2S. The number of nitrogens with two attached hydrogens (primary N) is 1. The number of aromatic hydroxyl groups is 1. The molecule has 1 unspecified atom stereocenters. The number of carbonyl (C=O) groups is 1. The highest BCUT2D eigenvalue weighted by molar-refractivity contribution is 7.12. The number of Topliss-reactive ketones (excluding diaryl/α,β-unsaturated/α-hetero) is 1. The molecule has 2 aromatic carbocycles. The van der Waals surface area contributed by atoms with E-state index in [0.717, 1.165) is 44.5 Å². The Morgan fingerprint density at radius 3 is 2.38 bits per heavy atom. The molecule has 4 heteroatoms. The van der Waals surface area contributed by atoms with Gasteiger partial charge in [-0.25, -0.2) is 0 Å². The molecule has 0 aliphatic rings. The number of aryl methyl sites for hydroxylation is 1. The normalized spacial score (nSPS) is 12.0. The van der Waals surface area contributed by atoms with Crippen LogP contribution < -0.4 is 5.73 Å². The lowest BCUT2D eigenvalue weighted by Gasteiger charge is -2.24. The first-order chi connectivity index (χ1) is 13.8. The molecule has 0 amide bonds. The Kier molecular flexibility index (Phi) is 6.06. The summed E-state index contributed by atoms with van der Waals surface area (Å²) in [6.07, 6.45) is 0. The minimum Gasteiger partial charge on any atom is -0.507 e. The van der Waals surface area contributed by atoms with Gasteiger partial charge in [0, 0.05) is 23.6 Å². The lowest BCUT2D eigenvalue weighted by atomic mass is 9.80. The highest BCUT2D eigenvalue weighted by Gasteiger charge is 2.25. The van der Waals surface area contributed by atoms with Gasteiger partial charge in [0.05, 0.1) is 4.88 Å². The Bertz CT molecular complexity index is 1080. The molecule has 0 spiro atoms. The number of phenols is 1. The Morgan fingerprint density at radius 1 is 1.17 bits per heavy atom. The topological polar surface area (TPSA) is 63.3 Å². The van der Waals surface area contributed by atoms with Crippen molar-refractivity contribution in [2.24, 2.45) is 5.73 Å². The average molecular weight is 406 g/mol. The Morgan fingerprint density at radius 2 is 1.83 bits per heavy atom. The second-order valence-electron chi connectivity index (χ2n) is 7.56. The molecule has 1 heterocycles. The van der Waals surface area contributed by atoms with Crippen LogP contribution in [0.1, 0.15) is 53.1 Å². The van der Waals surface area contributed by atoms with Crippen molar-refractivity contribution >= 4 is 17.1 Å². The minimum absolute atomic E-state index is 0.0225. The number of phenolic OH excluding ortho intramolecular Hbond substituents is 1. The summed E-state index contributed by atoms with van der Waals surface area (Å²) >= 11 is 1.43. The van der Waals surface area contributed by atoms with Crippen molar-refractivity contribution in [2.45, 2.75) is 40.2 Å². The maximum atomic E-state index is 12.3. The van der Waals surface area contributed by atoms with Crippen LogP contribution >= 0.6 is 11.3 Å². The Hall–Kier alpha value is -2.69. The van der Waals surface area contributed by atoms with E-state index >= 15 is 0 Å². The van der Waals surface area contributed by atoms with Gasteiger partial charge in [-0.3, -0.25) is 4.79 Å². The van der Waals surface area contributed by atoms with Crippen LogP contribution in [0.2, 0.25) is 0 Å². The summed E-state index contributed by atoms with van der Waals surface area (Å²) in [6, 6.07) is 11.7. The quantitative estimate of drug-likeness (QED) is 0.366. The van der Waals surface area contributed by atoms with Crippen LogP contribution in [0, 0.1) is 6.92 Å². The van der Waals surface area contributed by atoms with Crippen LogP contribution in [0.4, 0.5) is 0 Å². The van der Waals surface area contributed by atoms with Gasteiger partial charge in [-0.2, -0.15) is 0 Å². The van der Waals surface area contributed by atoms with E-state index < -0.39 is 0 Å². The maximum absolute atomic E-state index is 12.3. The van der Waals surface area contributed by atoms with E-state index in [1.807, 2.05) is 55.6 Å². The Labute approximate surface area is 176 Å². The fourth-order valence-electron chi connectivity index (χ4n) is 3.78. The number of rotatable bonds is 6. The smallest absolute Gasteiger partial charge is 0.170 e. The Balaban J connectivity index is 2.44. The van der Waals surface area contributed by atoms with Crippen LogP contribution in [0.15, 0.2) is 53.9 Å². The predicted molar refractivity (Wildman–Crippen MR) is 123 cm³/mol. The molecule has 29 heavy (non-hydrogen) atoms. The predicted octanol–water partition coefficient (Wildman–Crippen LogP) is 6.44. The monoisotopic (exact) mass is 405 g/mol. The molecule has 1 aromatic heterocycles. The highest BCUT2D eigenvalue weighted by atomic mass is 32.1. The minimum atomic E-state index is 0.0225. The summed E-state index contributed by atoms with van der Waals surface area (Å²) in [4.78, 5) is 13.0. The van der Waals surface area contributed by atoms with Crippen molar-refractivity contribution < 1.29 is 9.90 Å². The molecule has 0 radical (unpaired) electrons. The maximum Gasteiger partial charge on any atom is 0.170 e. The third-order valence-electron chi connectivity index (χ3n) is 5.46. The molecular weight excluding hydrogens is 378 g/mol. The number of hydrogen-bond acceptors (Lipinski definition) is 4. The highest BCUT2D eigenvalue weighted by Crippen LogP contribution is 2.48. The molecule has 1 atom stereocenters. The first kappa shape index (κ1) is 21.0. The van der Waals surface area contributed by atoms with Gasteiger partial charge in [-0.15, -0.1) is 11.3 Å². The molecule has 150 valence electrons. The number of thiophene rings is 1. The summed E-state index contributed by atoms with van der Waals surface area (Å²) in [5.74, 6) is 0.304. The summed E-state index contributed by atoms with van der Waals surface area (Å²) < 4.78 is 0. The first-order valence-corrected chi connectivity index (χ1v) is 10.5. The van der Waals surface area contributed by atoms with Gasteiger partial charge < -0.3 is 10.8 Å². The molecule has 0 bridgehead atoms. The SMILES string of the molecule is C=C(C)C(C)c1c(C)cc(O)c(-c2ccc(CN)cc2)c1-c1ccsc1C(C)=O. The summed E-state index contributed by atoms with van der Waals surface area (Å²) in [6.45, 7) is 12.3. The molecule has 3 nitrogen and oxygen atoms in total. The van der Waals surface area contributed by atoms with Crippen molar-refractivity contribution in [1.29, 1.82) is 0 Å². The molecule has 3 aromatic rings. The van der Waals surface area contributed by atoms with E-state index in [1.165, 1.54) is 11.3 Å². The largest absolute Gasteiger partial charge is 0.507 e. The van der Waals surface area contributed by atoms with Crippen molar-refractivity contribution in [3.05, 3.63) is 75.5 Å². The summed E-state index contributed by atoms with van der Waals surface area (Å²) in [5, 5.41) is 12.9. The van der Waals surface area contributed by atoms with Crippen LogP contribution in [0.25, 0.3) is 22.3 Å². The second-order valence-corrected chi connectivity index (χ2v) is 8.48. The molecule has 3 rings (SSSR count). The van der Waals surface area contributed by atoms with Gasteiger partial charge in [0.15, 0.2) is 5.78 Å². The fourth-order valence-corrected chi connectivity index (χ4v) is 4.58. The van der Waals surface area contributed by atoms with Crippen LogP contribution in [0.5, 0.6) is 5.75 Å². The zero-order chi connectivity index (χ0) is 21.3. The number of carbonyl (C=O) groups excluding carboxylic acids is 1. The summed E-state index contributed by atoms with van der Waals surface area (Å²) in [5.41, 5.74) is 13.3. The van der Waals surface area contributed by atoms with Gasteiger partial charge in [0.25, 0.3) is 0 Å². The number of hydrogen-bond donors (Lipinski definition) is 2. The van der Waals surface area contributed by atoms with Crippen molar-refractivity contribution in [1.82, 2.24) is 0 Å². The standard InChI is InChI=1S/C25H27NO2S/c1-14(2)16(4)22-15(3)12-21(28)23(19-8-6-18(13-26)7-9-19)24(22)20-10-11-29-25(20)17(5)27/h6-12,16,28H,1,13,26H2,2-5H3. The molecule has 0 fully saturated rings.